The summed E-state index contributed by atoms with van der Waals surface area (Å²) in [5, 5.41) is 21.6. The number of hydrogen-bond acceptors (Lipinski definition) is 5. The van der Waals surface area contributed by atoms with Crippen molar-refractivity contribution in [3.63, 3.8) is 0 Å². The Morgan fingerprint density at radius 3 is 2.75 bits per heavy atom. The number of aliphatic hydroxyl groups is 1. The van der Waals surface area contributed by atoms with Crippen molar-refractivity contribution in [2.24, 2.45) is 7.05 Å². The molecule has 1 aliphatic carbocycles. The van der Waals surface area contributed by atoms with Crippen molar-refractivity contribution >= 4 is 0 Å². The molecule has 0 radical (unpaired) electrons. The second-order valence-corrected chi connectivity index (χ2v) is 4.50. The highest BCUT2D eigenvalue weighted by Crippen LogP contribution is 2.39. The predicted octanol–water partition coefficient (Wildman–Crippen LogP) is 0.0727. The lowest BCUT2D eigenvalue weighted by Crippen LogP contribution is -2.42. The van der Waals surface area contributed by atoms with Crippen LogP contribution in [0.15, 0.2) is 0 Å². The normalized spacial score (nSPS) is 20.4. The molecule has 1 aromatic heterocycles. The average Bonchev–Trinajstić information content (AvgIpc) is 2.57. The molecule has 2 rings (SSSR count). The maximum Gasteiger partial charge on any atom is 0.177 e. The standard InChI is InChI=1S/C10H18N4O2/c1-14-12-9(11-13-14)6-8(15)7-10(16-2)4-3-5-10/h8,15H,3-7H2,1-2H3. The van der Waals surface area contributed by atoms with Crippen molar-refractivity contribution in [3.05, 3.63) is 5.82 Å². The first kappa shape index (κ1) is 11.5. The highest BCUT2D eigenvalue weighted by Gasteiger charge is 2.38. The Morgan fingerprint density at radius 2 is 2.31 bits per heavy atom. The molecule has 0 saturated heterocycles. The summed E-state index contributed by atoms with van der Waals surface area (Å²) in [7, 11) is 3.43. The zero-order chi connectivity index (χ0) is 11.6. The van der Waals surface area contributed by atoms with E-state index in [4.69, 9.17) is 4.74 Å². The van der Waals surface area contributed by atoms with Crippen LogP contribution in [-0.4, -0.2) is 44.1 Å². The van der Waals surface area contributed by atoms with Crippen molar-refractivity contribution in [2.45, 2.75) is 43.8 Å². The summed E-state index contributed by atoms with van der Waals surface area (Å²) in [6, 6.07) is 0. The van der Waals surface area contributed by atoms with E-state index in [1.165, 1.54) is 11.2 Å². The first-order valence-electron chi connectivity index (χ1n) is 5.60. The molecule has 0 aliphatic heterocycles. The average molecular weight is 226 g/mol. The number of aryl methyl sites for hydroxylation is 1. The summed E-state index contributed by atoms with van der Waals surface area (Å²) in [5.41, 5.74) is -0.109. The Labute approximate surface area is 94.6 Å². The van der Waals surface area contributed by atoms with Gasteiger partial charge in [0.25, 0.3) is 0 Å². The molecule has 1 atom stereocenters. The van der Waals surface area contributed by atoms with Gasteiger partial charge in [-0.05, 0) is 24.5 Å². The van der Waals surface area contributed by atoms with Crippen molar-refractivity contribution in [1.82, 2.24) is 20.2 Å². The largest absolute Gasteiger partial charge is 0.393 e. The van der Waals surface area contributed by atoms with Gasteiger partial charge in [-0.1, -0.05) is 0 Å². The highest BCUT2D eigenvalue weighted by atomic mass is 16.5. The van der Waals surface area contributed by atoms with Gasteiger partial charge in [0.05, 0.1) is 18.8 Å². The van der Waals surface area contributed by atoms with Gasteiger partial charge < -0.3 is 9.84 Å². The monoisotopic (exact) mass is 226 g/mol. The van der Waals surface area contributed by atoms with Crippen molar-refractivity contribution in [1.29, 1.82) is 0 Å². The van der Waals surface area contributed by atoms with Crippen LogP contribution in [0.2, 0.25) is 0 Å². The van der Waals surface area contributed by atoms with E-state index < -0.39 is 6.10 Å². The second kappa shape index (κ2) is 4.47. The molecule has 1 saturated carbocycles. The van der Waals surface area contributed by atoms with E-state index in [0.717, 1.165) is 12.8 Å². The van der Waals surface area contributed by atoms with Gasteiger partial charge in [-0.15, -0.1) is 10.2 Å². The first-order valence-corrected chi connectivity index (χ1v) is 5.60. The molecule has 1 heterocycles. The van der Waals surface area contributed by atoms with Crippen LogP contribution in [0.25, 0.3) is 0 Å². The lowest BCUT2D eigenvalue weighted by Gasteiger charge is -2.41. The summed E-state index contributed by atoms with van der Waals surface area (Å²) in [6.07, 6.45) is 3.90. The number of hydrogen-bond donors (Lipinski definition) is 1. The van der Waals surface area contributed by atoms with Crippen LogP contribution in [0.1, 0.15) is 31.5 Å². The smallest absolute Gasteiger partial charge is 0.177 e. The van der Waals surface area contributed by atoms with E-state index in [1.807, 2.05) is 0 Å². The minimum atomic E-state index is -0.454. The third-order valence-corrected chi connectivity index (χ3v) is 3.27. The Bertz CT molecular complexity index is 343. The van der Waals surface area contributed by atoms with Crippen LogP contribution >= 0.6 is 0 Å². The van der Waals surface area contributed by atoms with E-state index >= 15 is 0 Å². The van der Waals surface area contributed by atoms with E-state index in [0.29, 0.717) is 18.7 Å². The fraction of sp³-hybridized carbons (Fsp3) is 0.900. The van der Waals surface area contributed by atoms with Crippen molar-refractivity contribution < 1.29 is 9.84 Å². The van der Waals surface area contributed by atoms with Gasteiger partial charge in [0.2, 0.25) is 0 Å². The molecule has 1 aliphatic rings. The minimum Gasteiger partial charge on any atom is -0.393 e. The van der Waals surface area contributed by atoms with Gasteiger partial charge in [0, 0.05) is 20.0 Å². The SMILES string of the molecule is COC1(CC(O)Cc2nnn(C)n2)CCC1. The fourth-order valence-corrected chi connectivity index (χ4v) is 2.18. The van der Waals surface area contributed by atoms with Gasteiger partial charge in [-0.2, -0.15) is 4.80 Å². The number of aromatic nitrogens is 4. The Balaban J connectivity index is 1.86. The van der Waals surface area contributed by atoms with Gasteiger partial charge in [0.15, 0.2) is 5.82 Å². The number of methoxy groups -OCH3 is 1. The lowest BCUT2D eigenvalue weighted by molar-refractivity contribution is -0.0991. The van der Waals surface area contributed by atoms with Crippen LogP contribution in [0.3, 0.4) is 0 Å². The maximum absolute atomic E-state index is 9.95. The number of nitrogens with zero attached hydrogens (tertiary/aromatic N) is 4. The van der Waals surface area contributed by atoms with Crippen LogP contribution in [0.5, 0.6) is 0 Å². The summed E-state index contributed by atoms with van der Waals surface area (Å²) in [4.78, 5) is 1.40. The van der Waals surface area contributed by atoms with Gasteiger partial charge >= 0.3 is 0 Å². The summed E-state index contributed by atoms with van der Waals surface area (Å²) in [5.74, 6) is 0.584. The summed E-state index contributed by atoms with van der Waals surface area (Å²) in [6.45, 7) is 0. The topological polar surface area (TPSA) is 73.1 Å². The summed E-state index contributed by atoms with van der Waals surface area (Å²) >= 11 is 0. The Hall–Kier alpha value is -1.01. The second-order valence-electron chi connectivity index (χ2n) is 4.50. The molecular weight excluding hydrogens is 208 g/mol. The minimum absolute atomic E-state index is 0.109. The fourth-order valence-electron chi connectivity index (χ4n) is 2.18. The van der Waals surface area contributed by atoms with Crippen molar-refractivity contribution in [3.8, 4) is 0 Å². The first-order chi connectivity index (χ1) is 7.63. The molecule has 0 amide bonds. The van der Waals surface area contributed by atoms with Crippen LogP contribution in [-0.2, 0) is 18.2 Å². The molecule has 90 valence electrons. The van der Waals surface area contributed by atoms with Gasteiger partial charge in [-0.3, -0.25) is 0 Å². The zero-order valence-corrected chi connectivity index (χ0v) is 9.76. The van der Waals surface area contributed by atoms with E-state index in [2.05, 4.69) is 15.4 Å². The Morgan fingerprint density at radius 1 is 1.56 bits per heavy atom. The quantitative estimate of drug-likeness (QED) is 0.769. The maximum atomic E-state index is 9.95. The number of rotatable bonds is 5. The molecule has 1 N–H and O–H groups in total. The van der Waals surface area contributed by atoms with Crippen LogP contribution < -0.4 is 0 Å². The zero-order valence-electron chi connectivity index (χ0n) is 9.76. The number of ether oxygens (including phenoxy) is 1. The molecular formula is C10H18N4O2. The van der Waals surface area contributed by atoms with Gasteiger partial charge in [-0.25, -0.2) is 0 Å². The molecule has 16 heavy (non-hydrogen) atoms. The lowest BCUT2D eigenvalue weighted by atomic mass is 9.76. The summed E-state index contributed by atoms with van der Waals surface area (Å²) < 4.78 is 5.47. The molecule has 0 aromatic carbocycles. The molecule has 6 nitrogen and oxygen atoms in total. The molecule has 0 spiro atoms. The Kier molecular flexibility index (Phi) is 3.20. The van der Waals surface area contributed by atoms with E-state index in [9.17, 15) is 5.11 Å². The van der Waals surface area contributed by atoms with E-state index in [1.54, 1.807) is 14.2 Å². The highest BCUT2D eigenvalue weighted by molar-refractivity contribution is 4.93. The number of tetrazole rings is 1. The molecule has 1 fully saturated rings. The molecule has 1 unspecified atom stereocenters. The third kappa shape index (κ3) is 2.38. The molecule has 0 bridgehead atoms. The molecule has 6 heteroatoms. The van der Waals surface area contributed by atoms with Crippen LogP contribution in [0, 0.1) is 0 Å². The van der Waals surface area contributed by atoms with Crippen molar-refractivity contribution in [2.75, 3.05) is 7.11 Å². The van der Waals surface area contributed by atoms with E-state index in [-0.39, 0.29) is 5.60 Å². The van der Waals surface area contributed by atoms with Gasteiger partial charge in [0.1, 0.15) is 0 Å². The van der Waals surface area contributed by atoms with Crippen LogP contribution in [0.4, 0.5) is 0 Å². The number of aliphatic hydroxyl groups excluding tert-OH is 1. The predicted molar refractivity (Wildman–Crippen MR) is 56.7 cm³/mol. The molecule has 1 aromatic rings. The third-order valence-electron chi connectivity index (χ3n) is 3.27.